The molecule has 0 spiro atoms. The summed E-state index contributed by atoms with van der Waals surface area (Å²) < 4.78 is 7.18. The fourth-order valence-electron chi connectivity index (χ4n) is 1.48. The van der Waals surface area contributed by atoms with Gasteiger partial charge in [0.1, 0.15) is 0 Å². The number of hydrogen-bond donors (Lipinski definition) is 1. The maximum Gasteiger partial charge on any atom is 0.0608 e. The van der Waals surface area contributed by atoms with Gasteiger partial charge in [-0.1, -0.05) is 0 Å². The number of nitrogens with zero attached hydrogens (tertiary/aromatic N) is 3. The van der Waals surface area contributed by atoms with Crippen molar-refractivity contribution in [2.24, 2.45) is 0 Å². The van der Waals surface area contributed by atoms with Crippen LogP contribution in [0.3, 0.4) is 0 Å². The quantitative estimate of drug-likeness (QED) is 0.719. The van der Waals surface area contributed by atoms with Crippen molar-refractivity contribution >= 4 is 0 Å². The van der Waals surface area contributed by atoms with Crippen molar-refractivity contribution in [1.29, 1.82) is 0 Å². The van der Waals surface area contributed by atoms with Gasteiger partial charge in [0.2, 0.25) is 0 Å². The monoisotopic (exact) mass is 196 g/mol. The van der Waals surface area contributed by atoms with Crippen molar-refractivity contribution < 1.29 is 4.74 Å². The third kappa shape index (κ3) is 2.80. The van der Waals surface area contributed by atoms with Crippen molar-refractivity contribution in [3.63, 3.8) is 0 Å². The number of rotatable bonds is 4. The van der Waals surface area contributed by atoms with Crippen LogP contribution in [-0.2, 0) is 11.3 Å². The Bertz CT molecular complexity index is 243. The third-order valence-corrected chi connectivity index (χ3v) is 2.25. The van der Waals surface area contributed by atoms with E-state index in [1.165, 1.54) is 0 Å². The Kier molecular flexibility index (Phi) is 3.50. The molecule has 1 aromatic rings. The Morgan fingerprint density at radius 3 is 2.93 bits per heavy atom. The van der Waals surface area contributed by atoms with Crippen LogP contribution in [0.2, 0.25) is 0 Å². The first-order valence-corrected chi connectivity index (χ1v) is 4.99. The van der Waals surface area contributed by atoms with Crippen LogP contribution in [0.25, 0.3) is 0 Å². The smallest absolute Gasteiger partial charge is 0.0608 e. The minimum Gasteiger partial charge on any atom is -0.379 e. The highest BCUT2D eigenvalue weighted by Gasteiger charge is 2.08. The molecular weight excluding hydrogens is 180 g/mol. The van der Waals surface area contributed by atoms with Crippen LogP contribution in [0.5, 0.6) is 0 Å². The summed E-state index contributed by atoms with van der Waals surface area (Å²) in [6.07, 6.45) is 3.77. The summed E-state index contributed by atoms with van der Waals surface area (Å²) in [6, 6.07) is 1.94. The summed E-state index contributed by atoms with van der Waals surface area (Å²) in [4.78, 5) is 0. The van der Waals surface area contributed by atoms with Gasteiger partial charge in [-0.15, -0.1) is 0 Å². The van der Waals surface area contributed by atoms with Gasteiger partial charge in [-0.3, -0.25) is 10.1 Å². The first kappa shape index (κ1) is 9.64. The van der Waals surface area contributed by atoms with Crippen LogP contribution in [-0.4, -0.2) is 47.6 Å². The largest absolute Gasteiger partial charge is 0.379 e. The Balaban J connectivity index is 1.62. The fourth-order valence-corrected chi connectivity index (χ4v) is 1.48. The molecule has 5 nitrogen and oxygen atoms in total. The Morgan fingerprint density at radius 2 is 2.21 bits per heavy atom. The van der Waals surface area contributed by atoms with Gasteiger partial charge < -0.3 is 4.74 Å². The van der Waals surface area contributed by atoms with Gasteiger partial charge in [-0.25, -0.2) is 5.01 Å². The lowest BCUT2D eigenvalue weighted by atomic mass is 10.5. The van der Waals surface area contributed by atoms with Gasteiger partial charge in [-0.2, -0.15) is 5.10 Å². The molecule has 1 aliphatic heterocycles. The van der Waals surface area contributed by atoms with E-state index in [1.54, 1.807) is 6.20 Å². The van der Waals surface area contributed by atoms with Crippen molar-refractivity contribution in [3.8, 4) is 0 Å². The van der Waals surface area contributed by atoms with Gasteiger partial charge in [-0.05, 0) is 6.07 Å². The molecule has 0 unspecified atom stereocenters. The van der Waals surface area contributed by atoms with E-state index in [2.05, 4.69) is 15.5 Å². The van der Waals surface area contributed by atoms with Gasteiger partial charge in [0.05, 0.1) is 19.8 Å². The second-order valence-electron chi connectivity index (χ2n) is 3.28. The molecule has 1 fully saturated rings. The molecule has 0 radical (unpaired) electrons. The molecule has 0 amide bonds. The number of aromatic nitrogens is 2. The molecule has 0 aliphatic carbocycles. The molecule has 0 saturated carbocycles. The van der Waals surface area contributed by atoms with E-state index in [1.807, 2.05) is 16.9 Å². The second kappa shape index (κ2) is 5.09. The van der Waals surface area contributed by atoms with E-state index >= 15 is 0 Å². The number of nitrogens with one attached hydrogen (secondary N) is 1. The van der Waals surface area contributed by atoms with E-state index in [0.717, 1.165) is 39.4 Å². The maximum absolute atomic E-state index is 5.25. The predicted octanol–water partition coefficient (Wildman–Crippen LogP) is -0.280. The zero-order chi connectivity index (χ0) is 9.64. The lowest BCUT2D eigenvalue weighted by Crippen LogP contribution is -2.46. The van der Waals surface area contributed by atoms with E-state index in [0.29, 0.717) is 0 Å². The van der Waals surface area contributed by atoms with Gasteiger partial charge in [0, 0.05) is 32.0 Å². The zero-order valence-electron chi connectivity index (χ0n) is 8.22. The standard InChI is InChI=1S/C9H16N4O/c1-2-10-12(4-1)5-3-11-13-6-8-14-9-7-13/h1-2,4,11H,3,5-9H2. The van der Waals surface area contributed by atoms with Crippen molar-refractivity contribution in [2.45, 2.75) is 6.54 Å². The summed E-state index contributed by atoms with van der Waals surface area (Å²) in [5.41, 5.74) is 3.35. The average molecular weight is 196 g/mol. The summed E-state index contributed by atoms with van der Waals surface area (Å²) in [5, 5.41) is 6.33. The molecular formula is C9H16N4O. The van der Waals surface area contributed by atoms with Gasteiger partial charge >= 0.3 is 0 Å². The minimum absolute atomic E-state index is 0.828. The number of hydrazine groups is 1. The maximum atomic E-state index is 5.25. The molecule has 5 heteroatoms. The summed E-state index contributed by atoms with van der Waals surface area (Å²) in [6.45, 7) is 5.42. The lowest BCUT2D eigenvalue weighted by Gasteiger charge is -2.27. The van der Waals surface area contributed by atoms with Crippen LogP contribution >= 0.6 is 0 Å². The molecule has 0 bridgehead atoms. The molecule has 1 saturated heterocycles. The van der Waals surface area contributed by atoms with E-state index in [9.17, 15) is 0 Å². The van der Waals surface area contributed by atoms with Crippen molar-refractivity contribution in [3.05, 3.63) is 18.5 Å². The van der Waals surface area contributed by atoms with Crippen LogP contribution in [0.15, 0.2) is 18.5 Å². The number of hydrogen-bond acceptors (Lipinski definition) is 4. The Morgan fingerprint density at radius 1 is 1.36 bits per heavy atom. The number of morpholine rings is 1. The third-order valence-electron chi connectivity index (χ3n) is 2.25. The van der Waals surface area contributed by atoms with Crippen LogP contribution in [0.1, 0.15) is 0 Å². The molecule has 1 N–H and O–H groups in total. The van der Waals surface area contributed by atoms with E-state index < -0.39 is 0 Å². The highest BCUT2D eigenvalue weighted by Crippen LogP contribution is 1.92. The molecule has 2 rings (SSSR count). The van der Waals surface area contributed by atoms with Crippen molar-refractivity contribution in [2.75, 3.05) is 32.8 Å². The summed E-state index contributed by atoms with van der Waals surface area (Å²) >= 11 is 0. The summed E-state index contributed by atoms with van der Waals surface area (Å²) in [7, 11) is 0. The fraction of sp³-hybridized carbons (Fsp3) is 0.667. The minimum atomic E-state index is 0.828. The highest BCUT2D eigenvalue weighted by atomic mass is 16.5. The van der Waals surface area contributed by atoms with E-state index in [-0.39, 0.29) is 0 Å². The Labute approximate surface area is 83.6 Å². The molecule has 2 heterocycles. The van der Waals surface area contributed by atoms with Crippen LogP contribution in [0.4, 0.5) is 0 Å². The number of ether oxygens (including phenoxy) is 1. The molecule has 14 heavy (non-hydrogen) atoms. The molecule has 1 aliphatic rings. The molecule has 78 valence electrons. The van der Waals surface area contributed by atoms with E-state index in [4.69, 9.17) is 4.74 Å². The van der Waals surface area contributed by atoms with Gasteiger partial charge in [0.25, 0.3) is 0 Å². The van der Waals surface area contributed by atoms with Crippen LogP contribution in [0, 0.1) is 0 Å². The summed E-state index contributed by atoms with van der Waals surface area (Å²) in [5.74, 6) is 0. The SMILES string of the molecule is c1cnn(CCNN2CCOCC2)c1. The topological polar surface area (TPSA) is 42.3 Å². The predicted molar refractivity (Wildman–Crippen MR) is 52.6 cm³/mol. The lowest BCUT2D eigenvalue weighted by molar-refractivity contribution is 0.0114. The molecule has 1 aromatic heterocycles. The molecule has 0 aromatic carbocycles. The highest BCUT2D eigenvalue weighted by molar-refractivity contribution is 4.77. The normalized spacial score (nSPS) is 18.6. The zero-order valence-corrected chi connectivity index (χ0v) is 8.22. The Hall–Kier alpha value is -0.910. The van der Waals surface area contributed by atoms with Crippen LogP contribution < -0.4 is 5.43 Å². The second-order valence-corrected chi connectivity index (χ2v) is 3.28. The van der Waals surface area contributed by atoms with Crippen molar-refractivity contribution in [1.82, 2.24) is 20.2 Å². The average Bonchev–Trinajstić information content (AvgIpc) is 2.72. The van der Waals surface area contributed by atoms with Gasteiger partial charge in [0.15, 0.2) is 0 Å². The first-order valence-electron chi connectivity index (χ1n) is 4.99. The molecule has 0 atom stereocenters. The first-order chi connectivity index (χ1) is 6.95.